The maximum absolute atomic E-state index is 13.5. The van der Waals surface area contributed by atoms with Crippen molar-refractivity contribution in [3.63, 3.8) is 0 Å². The summed E-state index contributed by atoms with van der Waals surface area (Å²) in [6.45, 7) is 1.99. The number of hydrogen-bond donors (Lipinski definition) is 1. The number of ether oxygens (including phenoxy) is 1. The fraction of sp³-hybridized carbons (Fsp3) is 0.133. The molecule has 2 rings (SSSR count). The summed E-state index contributed by atoms with van der Waals surface area (Å²) in [6.07, 6.45) is 0. The number of carbonyl (C=O) groups excluding carboxylic acids is 1. The van der Waals surface area contributed by atoms with Gasteiger partial charge < -0.3 is 10.1 Å². The van der Waals surface area contributed by atoms with Crippen LogP contribution in [0.15, 0.2) is 42.5 Å². The fourth-order valence-electron chi connectivity index (χ4n) is 1.86. The average molecular weight is 304 g/mol. The van der Waals surface area contributed by atoms with Crippen molar-refractivity contribution in [3.05, 3.63) is 64.0 Å². The highest BCUT2D eigenvalue weighted by molar-refractivity contribution is 6.04. The second-order valence-electron chi connectivity index (χ2n) is 4.31. The Labute approximate surface area is 125 Å². The zero-order valence-corrected chi connectivity index (χ0v) is 11.7. The van der Waals surface area contributed by atoms with Gasteiger partial charge in [-0.15, -0.1) is 0 Å². The topological polar surface area (TPSA) is 81.5 Å². The van der Waals surface area contributed by atoms with Gasteiger partial charge in [0.15, 0.2) is 5.75 Å². The molecule has 0 aliphatic rings. The average Bonchev–Trinajstić information content (AvgIpc) is 2.49. The Kier molecular flexibility index (Phi) is 4.67. The van der Waals surface area contributed by atoms with E-state index in [1.807, 2.05) is 0 Å². The van der Waals surface area contributed by atoms with Crippen molar-refractivity contribution in [1.82, 2.24) is 0 Å². The summed E-state index contributed by atoms with van der Waals surface area (Å²) in [5.41, 5.74) is -0.226. The summed E-state index contributed by atoms with van der Waals surface area (Å²) in [4.78, 5) is 22.4. The summed E-state index contributed by atoms with van der Waals surface area (Å²) in [6, 6.07) is 9.49. The minimum Gasteiger partial charge on any atom is -0.487 e. The van der Waals surface area contributed by atoms with Gasteiger partial charge in [-0.25, -0.2) is 4.39 Å². The smallest absolute Gasteiger partial charge is 0.312 e. The molecule has 22 heavy (non-hydrogen) atoms. The lowest BCUT2D eigenvalue weighted by Gasteiger charge is -2.08. The van der Waals surface area contributed by atoms with Gasteiger partial charge in [-0.3, -0.25) is 14.9 Å². The lowest BCUT2D eigenvalue weighted by molar-refractivity contribution is -0.385. The first kappa shape index (κ1) is 15.4. The van der Waals surface area contributed by atoms with E-state index in [4.69, 9.17) is 4.74 Å². The number of anilines is 1. The van der Waals surface area contributed by atoms with Crippen LogP contribution in [0.4, 0.5) is 15.8 Å². The van der Waals surface area contributed by atoms with Crippen molar-refractivity contribution >= 4 is 17.3 Å². The first-order valence-corrected chi connectivity index (χ1v) is 6.50. The number of nitrogens with zero attached hydrogens (tertiary/aromatic N) is 1. The molecule has 0 saturated carbocycles. The summed E-state index contributed by atoms with van der Waals surface area (Å²) in [7, 11) is 0. The van der Waals surface area contributed by atoms with Crippen LogP contribution >= 0.6 is 0 Å². The van der Waals surface area contributed by atoms with Gasteiger partial charge in [-0.2, -0.15) is 0 Å². The molecule has 0 heterocycles. The molecular formula is C15H13FN2O4. The molecule has 0 radical (unpaired) electrons. The quantitative estimate of drug-likeness (QED) is 0.678. The second-order valence-corrected chi connectivity index (χ2v) is 4.31. The van der Waals surface area contributed by atoms with Gasteiger partial charge >= 0.3 is 5.69 Å². The molecule has 0 unspecified atom stereocenters. The Morgan fingerprint density at radius 2 is 2.05 bits per heavy atom. The normalized spacial score (nSPS) is 10.1. The zero-order valence-electron chi connectivity index (χ0n) is 11.7. The Hall–Kier alpha value is -2.96. The lowest BCUT2D eigenvalue weighted by Crippen LogP contribution is -2.13. The van der Waals surface area contributed by atoms with Crippen LogP contribution in [-0.4, -0.2) is 17.4 Å². The number of carbonyl (C=O) groups is 1. The predicted octanol–water partition coefficient (Wildman–Crippen LogP) is 3.38. The highest BCUT2D eigenvalue weighted by atomic mass is 19.1. The van der Waals surface area contributed by atoms with E-state index in [2.05, 4.69) is 5.32 Å². The van der Waals surface area contributed by atoms with Gasteiger partial charge in [0, 0.05) is 11.8 Å². The molecule has 0 bridgehead atoms. The third-order valence-electron chi connectivity index (χ3n) is 2.83. The van der Waals surface area contributed by atoms with Crippen molar-refractivity contribution in [1.29, 1.82) is 0 Å². The first-order valence-electron chi connectivity index (χ1n) is 6.50. The number of nitrogens with one attached hydrogen (secondary N) is 1. The highest BCUT2D eigenvalue weighted by Crippen LogP contribution is 2.30. The van der Waals surface area contributed by atoms with Gasteiger partial charge in [-0.1, -0.05) is 12.1 Å². The summed E-state index contributed by atoms with van der Waals surface area (Å²) >= 11 is 0. The molecule has 0 spiro atoms. The van der Waals surface area contributed by atoms with Crippen LogP contribution in [0.1, 0.15) is 17.3 Å². The van der Waals surface area contributed by atoms with E-state index in [-0.39, 0.29) is 29.3 Å². The Bertz CT molecular complexity index is 718. The number of benzene rings is 2. The number of rotatable bonds is 5. The first-order chi connectivity index (χ1) is 10.5. The Balaban J connectivity index is 2.27. The number of hydrogen-bond acceptors (Lipinski definition) is 4. The molecule has 1 amide bonds. The molecule has 0 aliphatic heterocycles. The van der Waals surface area contributed by atoms with Gasteiger partial charge in [0.05, 0.1) is 17.1 Å². The largest absolute Gasteiger partial charge is 0.487 e. The summed E-state index contributed by atoms with van der Waals surface area (Å²) in [5, 5.41) is 13.4. The molecule has 0 saturated heterocycles. The Morgan fingerprint density at radius 1 is 1.32 bits per heavy atom. The van der Waals surface area contributed by atoms with E-state index in [0.29, 0.717) is 0 Å². The molecule has 0 atom stereocenters. The van der Waals surface area contributed by atoms with Crippen molar-refractivity contribution in [2.75, 3.05) is 11.9 Å². The van der Waals surface area contributed by atoms with Gasteiger partial charge in [0.25, 0.3) is 5.91 Å². The molecule has 1 N–H and O–H groups in total. The van der Waals surface area contributed by atoms with Gasteiger partial charge in [-0.05, 0) is 31.2 Å². The Morgan fingerprint density at radius 3 is 2.68 bits per heavy atom. The van der Waals surface area contributed by atoms with Crippen molar-refractivity contribution < 1.29 is 18.8 Å². The summed E-state index contributed by atoms with van der Waals surface area (Å²) in [5.74, 6) is -1.24. The van der Waals surface area contributed by atoms with E-state index >= 15 is 0 Å². The monoisotopic (exact) mass is 304 g/mol. The van der Waals surface area contributed by atoms with Crippen molar-refractivity contribution in [2.45, 2.75) is 6.92 Å². The molecule has 0 fully saturated rings. The van der Waals surface area contributed by atoms with Crippen LogP contribution in [0.3, 0.4) is 0 Å². The van der Waals surface area contributed by atoms with Crippen LogP contribution in [0.2, 0.25) is 0 Å². The molecular weight excluding hydrogens is 291 g/mol. The molecule has 114 valence electrons. The van der Waals surface area contributed by atoms with E-state index in [1.54, 1.807) is 6.92 Å². The van der Waals surface area contributed by atoms with Crippen LogP contribution < -0.4 is 10.1 Å². The number of nitro benzene ring substituents is 1. The van der Waals surface area contributed by atoms with E-state index in [0.717, 1.165) is 6.07 Å². The molecule has 6 nitrogen and oxygen atoms in total. The molecule has 7 heteroatoms. The number of nitro groups is 1. The predicted molar refractivity (Wildman–Crippen MR) is 78.6 cm³/mol. The van der Waals surface area contributed by atoms with Crippen LogP contribution in [0.5, 0.6) is 5.75 Å². The molecule has 2 aromatic rings. The van der Waals surface area contributed by atoms with E-state index in [1.165, 1.54) is 36.4 Å². The van der Waals surface area contributed by atoms with Crippen molar-refractivity contribution in [2.24, 2.45) is 0 Å². The van der Waals surface area contributed by atoms with E-state index in [9.17, 15) is 19.3 Å². The number of amides is 1. The fourth-order valence-corrected chi connectivity index (χ4v) is 1.86. The van der Waals surface area contributed by atoms with E-state index < -0.39 is 16.6 Å². The standard InChI is InChI=1S/C15H13FN2O4/c1-2-22-14-8-7-10(9-13(14)18(20)21)17-15(19)11-5-3-4-6-12(11)16/h3-9H,2H2,1H3,(H,17,19). The maximum Gasteiger partial charge on any atom is 0.312 e. The second kappa shape index (κ2) is 6.66. The third kappa shape index (κ3) is 3.38. The highest BCUT2D eigenvalue weighted by Gasteiger charge is 2.17. The van der Waals surface area contributed by atoms with Crippen LogP contribution in [-0.2, 0) is 0 Å². The number of halogens is 1. The molecule has 0 aliphatic carbocycles. The summed E-state index contributed by atoms with van der Waals surface area (Å²) < 4.78 is 18.7. The SMILES string of the molecule is CCOc1ccc(NC(=O)c2ccccc2F)cc1[N+](=O)[O-]. The third-order valence-corrected chi connectivity index (χ3v) is 2.83. The van der Waals surface area contributed by atoms with Gasteiger partial charge in [0.1, 0.15) is 5.82 Å². The molecule has 2 aromatic carbocycles. The van der Waals surface area contributed by atoms with Crippen LogP contribution in [0.25, 0.3) is 0 Å². The minimum atomic E-state index is -0.684. The van der Waals surface area contributed by atoms with Crippen molar-refractivity contribution in [3.8, 4) is 5.75 Å². The zero-order chi connectivity index (χ0) is 16.1. The lowest BCUT2D eigenvalue weighted by atomic mass is 10.2. The molecule has 0 aromatic heterocycles. The van der Waals surface area contributed by atoms with Crippen LogP contribution in [0, 0.1) is 15.9 Å². The van der Waals surface area contributed by atoms with Gasteiger partial charge in [0.2, 0.25) is 0 Å². The maximum atomic E-state index is 13.5. The minimum absolute atomic E-state index is 0.108.